The Hall–Kier alpha value is -1.10. The Kier molecular flexibility index (Phi) is 9.06. The first kappa shape index (κ1) is 18.0. The van der Waals surface area contributed by atoms with Gasteiger partial charge in [0.05, 0.1) is 11.5 Å². The lowest BCUT2D eigenvalue weighted by atomic mass is 10.1. The summed E-state index contributed by atoms with van der Waals surface area (Å²) in [6.45, 7) is 2.41. The second kappa shape index (κ2) is 10.6. The van der Waals surface area contributed by atoms with Crippen molar-refractivity contribution in [3.63, 3.8) is 0 Å². The van der Waals surface area contributed by atoms with Gasteiger partial charge in [-0.15, -0.1) is 0 Å². The van der Waals surface area contributed by atoms with Crippen LogP contribution in [0.1, 0.15) is 50.5 Å². The van der Waals surface area contributed by atoms with Crippen LogP contribution in [0.25, 0.3) is 0 Å². The Labute approximate surface area is 135 Å². The molecule has 0 amide bonds. The first-order valence-corrected chi connectivity index (χ1v) is 8.71. The quantitative estimate of drug-likeness (QED) is 0.230. The van der Waals surface area contributed by atoms with E-state index in [-0.39, 0.29) is 10.6 Å². The number of nitro groups is 1. The highest BCUT2D eigenvalue weighted by atomic mass is 79.9. The van der Waals surface area contributed by atoms with Crippen LogP contribution in [0.15, 0.2) is 18.2 Å². The number of nitrogens with zero attached hydrogens (tertiary/aromatic N) is 1. The van der Waals surface area contributed by atoms with E-state index >= 15 is 0 Å². The number of halogens is 1. The van der Waals surface area contributed by atoms with E-state index in [9.17, 15) is 10.1 Å². The monoisotopic (exact) mass is 357 g/mol. The molecule has 1 rings (SSSR count). The van der Waals surface area contributed by atoms with Crippen LogP contribution in [0.4, 0.5) is 5.69 Å². The molecular formula is C16H24BrNO3. The average Bonchev–Trinajstić information content (AvgIpc) is 2.45. The van der Waals surface area contributed by atoms with Gasteiger partial charge in [-0.2, -0.15) is 0 Å². The molecule has 0 bridgehead atoms. The summed E-state index contributed by atoms with van der Waals surface area (Å²) in [4.78, 5) is 10.4. The van der Waals surface area contributed by atoms with Crippen molar-refractivity contribution in [2.45, 2.75) is 51.9 Å². The number of hydrogen-bond donors (Lipinski definition) is 0. The average molecular weight is 358 g/mol. The molecule has 0 aliphatic heterocycles. The molecule has 0 fully saturated rings. The number of benzene rings is 1. The fraction of sp³-hybridized carbons (Fsp3) is 0.625. The minimum atomic E-state index is -0.366. The van der Waals surface area contributed by atoms with E-state index in [1.807, 2.05) is 0 Å². The smallest absolute Gasteiger partial charge is 0.272 e. The van der Waals surface area contributed by atoms with Crippen LogP contribution in [0.2, 0.25) is 0 Å². The summed E-state index contributed by atoms with van der Waals surface area (Å²) < 4.78 is 5.64. The van der Waals surface area contributed by atoms with Gasteiger partial charge in [-0.1, -0.05) is 48.0 Å². The number of alkyl halides is 1. The highest BCUT2D eigenvalue weighted by Crippen LogP contribution is 2.23. The second-order valence-electron chi connectivity index (χ2n) is 5.22. The predicted molar refractivity (Wildman–Crippen MR) is 89.4 cm³/mol. The van der Waals surface area contributed by atoms with E-state index in [2.05, 4.69) is 15.9 Å². The van der Waals surface area contributed by atoms with Gasteiger partial charge in [0.25, 0.3) is 5.69 Å². The summed E-state index contributed by atoms with van der Waals surface area (Å²) in [5, 5.41) is 11.8. The molecular weight excluding hydrogens is 334 g/mol. The molecule has 0 aromatic heterocycles. The van der Waals surface area contributed by atoms with E-state index in [0.29, 0.717) is 12.2 Å². The fourth-order valence-corrected chi connectivity index (χ4v) is 2.59. The molecule has 0 heterocycles. The summed E-state index contributed by atoms with van der Waals surface area (Å²) in [5.74, 6) is 0.718. The van der Waals surface area contributed by atoms with Crippen LogP contribution < -0.4 is 4.74 Å². The van der Waals surface area contributed by atoms with E-state index < -0.39 is 0 Å². The SMILES string of the molecule is Cc1cc(OCCCCCCCCCBr)ccc1[N+](=O)[O-]. The van der Waals surface area contributed by atoms with E-state index in [1.54, 1.807) is 19.1 Å². The Bertz CT molecular complexity index is 438. The number of nitro benzene ring substituents is 1. The summed E-state index contributed by atoms with van der Waals surface area (Å²) in [5.41, 5.74) is 0.787. The van der Waals surface area contributed by atoms with Crippen molar-refractivity contribution in [3.05, 3.63) is 33.9 Å². The zero-order chi connectivity index (χ0) is 15.5. The Morgan fingerprint density at radius 3 is 2.29 bits per heavy atom. The van der Waals surface area contributed by atoms with Gasteiger partial charge < -0.3 is 4.74 Å². The molecule has 5 heteroatoms. The lowest BCUT2D eigenvalue weighted by Gasteiger charge is -2.07. The highest BCUT2D eigenvalue weighted by molar-refractivity contribution is 9.09. The molecule has 0 spiro atoms. The van der Waals surface area contributed by atoms with Gasteiger partial charge in [-0.3, -0.25) is 10.1 Å². The third-order valence-electron chi connectivity index (χ3n) is 3.41. The Morgan fingerprint density at radius 2 is 1.71 bits per heavy atom. The molecule has 0 radical (unpaired) electrons. The molecule has 0 saturated carbocycles. The lowest BCUT2D eigenvalue weighted by molar-refractivity contribution is -0.385. The largest absolute Gasteiger partial charge is 0.494 e. The van der Waals surface area contributed by atoms with Crippen molar-refractivity contribution in [2.24, 2.45) is 0 Å². The van der Waals surface area contributed by atoms with Crippen molar-refractivity contribution >= 4 is 21.6 Å². The van der Waals surface area contributed by atoms with Gasteiger partial charge >= 0.3 is 0 Å². The van der Waals surface area contributed by atoms with Crippen molar-refractivity contribution < 1.29 is 9.66 Å². The predicted octanol–water partition coefficient (Wildman–Crippen LogP) is 5.41. The number of rotatable bonds is 11. The zero-order valence-corrected chi connectivity index (χ0v) is 14.2. The Balaban J connectivity index is 2.13. The number of hydrogen-bond acceptors (Lipinski definition) is 3. The van der Waals surface area contributed by atoms with Crippen molar-refractivity contribution in [1.82, 2.24) is 0 Å². The summed E-state index contributed by atoms with van der Waals surface area (Å²) in [7, 11) is 0. The van der Waals surface area contributed by atoms with Gasteiger partial charge in [-0.25, -0.2) is 0 Å². The third kappa shape index (κ3) is 7.46. The molecule has 1 aromatic rings. The van der Waals surface area contributed by atoms with E-state index in [0.717, 1.165) is 17.5 Å². The first-order valence-electron chi connectivity index (χ1n) is 7.59. The topological polar surface area (TPSA) is 52.4 Å². The van der Waals surface area contributed by atoms with Crippen LogP contribution >= 0.6 is 15.9 Å². The summed E-state index contributed by atoms with van der Waals surface area (Å²) in [6.07, 6.45) is 8.66. The van der Waals surface area contributed by atoms with Gasteiger partial charge in [0, 0.05) is 17.0 Å². The Morgan fingerprint density at radius 1 is 1.10 bits per heavy atom. The molecule has 0 aliphatic rings. The molecule has 4 nitrogen and oxygen atoms in total. The van der Waals surface area contributed by atoms with Crippen LogP contribution in [0, 0.1) is 17.0 Å². The van der Waals surface area contributed by atoms with Gasteiger partial charge in [0.2, 0.25) is 0 Å². The van der Waals surface area contributed by atoms with E-state index in [4.69, 9.17) is 4.74 Å². The van der Waals surface area contributed by atoms with E-state index in [1.165, 1.54) is 44.6 Å². The maximum Gasteiger partial charge on any atom is 0.272 e. The number of ether oxygens (including phenoxy) is 1. The standard InChI is InChI=1S/C16H24BrNO3/c1-14-13-15(9-10-16(14)18(19)20)21-12-8-6-4-2-3-5-7-11-17/h9-10,13H,2-8,11-12H2,1H3. The van der Waals surface area contributed by atoms with Crippen LogP contribution in [0.3, 0.4) is 0 Å². The van der Waals surface area contributed by atoms with Crippen LogP contribution in [-0.2, 0) is 0 Å². The zero-order valence-electron chi connectivity index (χ0n) is 12.6. The maximum absolute atomic E-state index is 10.7. The lowest BCUT2D eigenvalue weighted by Crippen LogP contribution is -1.98. The van der Waals surface area contributed by atoms with Gasteiger partial charge in [0.15, 0.2) is 0 Å². The molecule has 0 unspecified atom stereocenters. The molecule has 0 aliphatic carbocycles. The van der Waals surface area contributed by atoms with Crippen molar-refractivity contribution in [2.75, 3.05) is 11.9 Å². The highest BCUT2D eigenvalue weighted by Gasteiger charge is 2.10. The molecule has 0 saturated heterocycles. The maximum atomic E-state index is 10.7. The molecule has 1 aromatic carbocycles. The summed E-state index contributed by atoms with van der Waals surface area (Å²) >= 11 is 3.44. The van der Waals surface area contributed by atoms with Crippen LogP contribution in [-0.4, -0.2) is 16.9 Å². The molecule has 118 valence electrons. The van der Waals surface area contributed by atoms with Crippen LogP contribution in [0.5, 0.6) is 5.75 Å². The minimum Gasteiger partial charge on any atom is -0.494 e. The van der Waals surface area contributed by atoms with Crippen molar-refractivity contribution in [3.8, 4) is 5.75 Å². The first-order chi connectivity index (χ1) is 10.1. The molecule has 0 N–H and O–H groups in total. The third-order valence-corrected chi connectivity index (χ3v) is 3.97. The number of unbranched alkanes of at least 4 members (excludes halogenated alkanes) is 6. The normalized spacial score (nSPS) is 10.6. The number of aryl methyl sites for hydroxylation is 1. The molecule has 0 atom stereocenters. The van der Waals surface area contributed by atoms with Gasteiger partial charge in [0.1, 0.15) is 5.75 Å². The van der Waals surface area contributed by atoms with Gasteiger partial charge in [-0.05, 0) is 31.9 Å². The summed E-state index contributed by atoms with van der Waals surface area (Å²) in [6, 6.07) is 4.92. The fourth-order valence-electron chi connectivity index (χ4n) is 2.19. The van der Waals surface area contributed by atoms with Crippen molar-refractivity contribution in [1.29, 1.82) is 0 Å². The second-order valence-corrected chi connectivity index (χ2v) is 6.01. The minimum absolute atomic E-state index is 0.144. The molecule has 21 heavy (non-hydrogen) atoms.